The molecule has 1 unspecified atom stereocenters. The lowest BCUT2D eigenvalue weighted by molar-refractivity contribution is -0.122. The molecule has 1 atom stereocenters. The predicted molar refractivity (Wildman–Crippen MR) is 76.6 cm³/mol. The third-order valence-corrected chi connectivity index (χ3v) is 3.72. The number of carbonyl (C=O) groups excluding carboxylic acids is 1. The van der Waals surface area contributed by atoms with E-state index in [1.165, 1.54) is 7.11 Å². The number of nitrogens with one attached hydrogen (secondary N) is 2. The number of benzene rings is 1. The van der Waals surface area contributed by atoms with Gasteiger partial charge >= 0.3 is 0 Å². The number of nitrogens with zero attached hydrogens (tertiary/aromatic N) is 1. The molecule has 1 amide bonds. The minimum atomic E-state index is -0.591. The topological polar surface area (TPSA) is 74.1 Å². The SMILES string of the molecule is COc1cccc(C#N)c1NC(=O)C1(C)CCCCN1. The summed E-state index contributed by atoms with van der Waals surface area (Å²) >= 11 is 0. The second kappa shape index (κ2) is 5.93. The van der Waals surface area contributed by atoms with E-state index in [1.807, 2.05) is 6.92 Å². The molecule has 1 aliphatic heterocycles. The van der Waals surface area contributed by atoms with Crippen molar-refractivity contribution in [3.05, 3.63) is 23.8 Å². The Hall–Kier alpha value is -2.06. The number of piperidine rings is 1. The Morgan fingerprint density at radius 1 is 1.50 bits per heavy atom. The number of para-hydroxylation sites is 1. The van der Waals surface area contributed by atoms with Crippen molar-refractivity contribution in [3.63, 3.8) is 0 Å². The molecule has 1 saturated heterocycles. The molecule has 0 aliphatic carbocycles. The number of carbonyl (C=O) groups is 1. The van der Waals surface area contributed by atoms with Crippen LogP contribution in [0.1, 0.15) is 31.7 Å². The highest BCUT2D eigenvalue weighted by Gasteiger charge is 2.34. The maximum atomic E-state index is 12.5. The van der Waals surface area contributed by atoms with Gasteiger partial charge in [0.15, 0.2) is 0 Å². The van der Waals surface area contributed by atoms with Crippen LogP contribution in [0.3, 0.4) is 0 Å². The van der Waals surface area contributed by atoms with Crippen molar-refractivity contribution in [1.29, 1.82) is 5.26 Å². The summed E-state index contributed by atoms with van der Waals surface area (Å²) in [5.41, 5.74) is 0.249. The summed E-state index contributed by atoms with van der Waals surface area (Å²) in [6.45, 7) is 2.73. The minimum absolute atomic E-state index is 0.127. The van der Waals surface area contributed by atoms with E-state index in [0.717, 1.165) is 25.8 Å². The second-order valence-electron chi connectivity index (χ2n) is 5.16. The summed E-state index contributed by atoms with van der Waals surface area (Å²) in [5.74, 6) is 0.370. The van der Waals surface area contributed by atoms with E-state index in [4.69, 9.17) is 10.00 Å². The van der Waals surface area contributed by atoms with Gasteiger partial charge in [-0.25, -0.2) is 0 Å². The number of hydrogen-bond donors (Lipinski definition) is 2. The number of rotatable bonds is 3. The van der Waals surface area contributed by atoms with Crippen LogP contribution in [0.15, 0.2) is 18.2 Å². The number of anilines is 1. The Morgan fingerprint density at radius 2 is 2.30 bits per heavy atom. The fourth-order valence-corrected chi connectivity index (χ4v) is 2.42. The van der Waals surface area contributed by atoms with Crippen LogP contribution in [0.2, 0.25) is 0 Å². The van der Waals surface area contributed by atoms with Crippen LogP contribution < -0.4 is 15.4 Å². The lowest BCUT2D eigenvalue weighted by Crippen LogP contribution is -2.54. The quantitative estimate of drug-likeness (QED) is 0.883. The number of methoxy groups -OCH3 is 1. The average Bonchev–Trinajstić information content (AvgIpc) is 2.48. The first-order chi connectivity index (χ1) is 9.60. The summed E-state index contributed by atoms with van der Waals surface area (Å²) in [7, 11) is 1.52. The Labute approximate surface area is 118 Å². The average molecular weight is 273 g/mol. The van der Waals surface area contributed by atoms with Gasteiger partial charge in [0.05, 0.1) is 18.2 Å². The zero-order valence-corrected chi connectivity index (χ0v) is 11.8. The molecule has 0 saturated carbocycles. The van der Waals surface area contributed by atoms with Gasteiger partial charge in [0.25, 0.3) is 0 Å². The molecule has 1 fully saturated rings. The van der Waals surface area contributed by atoms with Gasteiger partial charge in [-0.2, -0.15) is 5.26 Å². The van der Waals surface area contributed by atoms with E-state index in [1.54, 1.807) is 18.2 Å². The Morgan fingerprint density at radius 3 is 2.90 bits per heavy atom. The molecule has 1 aliphatic rings. The third-order valence-electron chi connectivity index (χ3n) is 3.72. The first-order valence-corrected chi connectivity index (χ1v) is 6.74. The molecular weight excluding hydrogens is 254 g/mol. The predicted octanol–water partition coefficient (Wildman–Crippen LogP) is 2.04. The van der Waals surface area contributed by atoms with E-state index < -0.39 is 5.54 Å². The zero-order valence-electron chi connectivity index (χ0n) is 11.8. The van der Waals surface area contributed by atoms with Gasteiger partial charge in [0.1, 0.15) is 17.5 Å². The van der Waals surface area contributed by atoms with E-state index in [-0.39, 0.29) is 5.91 Å². The molecule has 0 radical (unpaired) electrons. The van der Waals surface area contributed by atoms with Crippen LogP contribution in [0.25, 0.3) is 0 Å². The maximum Gasteiger partial charge on any atom is 0.244 e. The normalized spacial score (nSPS) is 21.9. The lowest BCUT2D eigenvalue weighted by Gasteiger charge is -2.33. The maximum absolute atomic E-state index is 12.5. The number of nitriles is 1. The van der Waals surface area contributed by atoms with Crippen molar-refractivity contribution in [3.8, 4) is 11.8 Å². The van der Waals surface area contributed by atoms with Crippen molar-refractivity contribution in [2.75, 3.05) is 19.0 Å². The van der Waals surface area contributed by atoms with Crippen molar-refractivity contribution in [1.82, 2.24) is 5.32 Å². The summed E-state index contributed by atoms with van der Waals surface area (Å²) < 4.78 is 5.22. The van der Waals surface area contributed by atoms with Gasteiger partial charge in [-0.15, -0.1) is 0 Å². The van der Waals surface area contributed by atoms with Gasteiger partial charge in [-0.05, 0) is 44.9 Å². The molecule has 5 nitrogen and oxygen atoms in total. The smallest absolute Gasteiger partial charge is 0.244 e. The Balaban J connectivity index is 2.25. The summed E-state index contributed by atoms with van der Waals surface area (Å²) in [5, 5.41) is 15.3. The molecule has 0 aromatic heterocycles. The molecule has 2 rings (SSSR count). The van der Waals surface area contributed by atoms with Gasteiger partial charge in [0, 0.05) is 0 Å². The lowest BCUT2D eigenvalue weighted by atomic mass is 9.90. The molecular formula is C15H19N3O2. The van der Waals surface area contributed by atoms with E-state index >= 15 is 0 Å². The van der Waals surface area contributed by atoms with E-state index in [9.17, 15) is 4.79 Å². The van der Waals surface area contributed by atoms with Crippen molar-refractivity contribution >= 4 is 11.6 Å². The standard InChI is InChI=1S/C15H19N3O2/c1-15(8-3-4-9-17-15)14(19)18-13-11(10-16)6-5-7-12(13)20-2/h5-7,17H,3-4,8-9H2,1-2H3,(H,18,19). The van der Waals surface area contributed by atoms with Gasteiger partial charge < -0.3 is 15.4 Å². The monoisotopic (exact) mass is 273 g/mol. The summed E-state index contributed by atoms with van der Waals surface area (Å²) in [6, 6.07) is 7.20. The Kier molecular flexibility index (Phi) is 4.26. The third kappa shape index (κ3) is 2.75. The molecule has 1 aromatic carbocycles. The summed E-state index contributed by atoms with van der Waals surface area (Å²) in [6.07, 6.45) is 2.89. The number of hydrogen-bond acceptors (Lipinski definition) is 4. The van der Waals surface area contributed by atoms with E-state index in [0.29, 0.717) is 17.0 Å². The number of amides is 1. The van der Waals surface area contributed by atoms with Crippen molar-refractivity contribution in [2.45, 2.75) is 31.7 Å². The molecule has 2 N–H and O–H groups in total. The fraction of sp³-hybridized carbons (Fsp3) is 0.467. The van der Waals surface area contributed by atoms with E-state index in [2.05, 4.69) is 16.7 Å². The largest absolute Gasteiger partial charge is 0.495 e. The van der Waals surface area contributed by atoms with Crippen LogP contribution in [-0.2, 0) is 4.79 Å². The second-order valence-corrected chi connectivity index (χ2v) is 5.16. The summed E-state index contributed by atoms with van der Waals surface area (Å²) in [4.78, 5) is 12.5. The minimum Gasteiger partial charge on any atom is -0.495 e. The molecule has 5 heteroatoms. The fourth-order valence-electron chi connectivity index (χ4n) is 2.42. The highest BCUT2D eigenvalue weighted by Crippen LogP contribution is 2.29. The molecule has 1 heterocycles. The van der Waals surface area contributed by atoms with Gasteiger partial charge in [-0.3, -0.25) is 4.79 Å². The van der Waals surface area contributed by atoms with Crippen LogP contribution in [0.4, 0.5) is 5.69 Å². The molecule has 0 bridgehead atoms. The van der Waals surface area contributed by atoms with Crippen LogP contribution in [0.5, 0.6) is 5.75 Å². The van der Waals surface area contributed by atoms with Crippen molar-refractivity contribution in [2.24, 2.45) is 0 Å². The van der Waals surface area contributed by atoms with Crippen molar-refractivity contribution < 1.29 is 9.53 Å². The molecule has 1 aromatic rings. The van der Waals surface area contributed by atoms with Crippen LogP contribution >= 0.6 is 0 Å². The highest BCUT2D eigenvalue weighted by molar-refractivity contribution is 6.00. The first kappa shape index (κ1) is 14.4. The van der Waals surface area contributed by atoms with Crippen LogP contribution in [0, 0.1) is 11.3 Å². The molecule has 0 spiro atoms. The van der Waals surface area contributed by atoms with Crippen LogP contribution in [-0.4, -0.2) is 25.1 Å². The zero-order chi connectivity index (χ0) is 14.6. The molecule has 20 heavy (non-hydrogen) atoms. The first-order valence-electron chi connectivity index (χ1n) is 6.74. The van der Waals surface area contributed by atoms with Gasteiger partial charge in [0.2, 0.25) is 5.91 Å². The molecule has 106 valence electrons. The number of ether oxygens (including phenoxy) is 1. The Bertz CT molecular complexity index is 543. The van der Waals surface area contributed by atoms with Gasteiger partial charge in [-0.1, -0.05) is 6.07 Å². The highest BCUT2D eigenvalue weighted by atomic mass is 16.5.